The monoisotopic (exact) mass is 727 g/mol. The minimum Gasteiger partial charge on any atom is -0.475 e. The fourth-order valence-corrected chi connectivity index (χ4v) is 13.4. The molecule has 5 heterocycles. The highest BCUT2D eigenvalue weighted by Crippen LogP contribution is 2.59. The molecule has 3 aliphatic rings. The zero-order valence-electron chi connectivity index (χ0n) is 29.6. The highest BCUT2D eigenvalue weighted by atomic mass is 31.2. The molecule has 0 aliphatic carbocycles. The number of ether oxygens (including phenoxy) is 2. The first-order valence-corrected chi connectivity index (χ1v) is 21.8. The Balaban J connectivity index is 1.11. The molecule has 7 rings (SSSR count). The Morgan fingerprint density at radius 3 is 2.51 bits per heavy atom. The molecule has 2 aromatic heterocycles. The number of anilines is 1. The molecule has 0 bridgehead atoms. The number of benzene rings is 2. The predicted octanol–water partition coefficient (Wildman–Crippen LogP) is 5.78. The second-order valence-electron chi connectivity index (χ2n) is 14.0. The molecule has 14 heteroatoms. The summed E-state index contributed by atoms with van der Waals surface area (Å²) in [6.07, 6.45) is 4.79. The summed E-state index contributed by atoms with van der Waals surface area (Å²) < 4.78 is 30.7. The lowest BCUT2D eigenvalue weighted by Gasteiger charge is -2.32. The third-order valence-electron chi connectivity index (χ3n) is 10.3. The average molecular weight is 728 g/mol. The number of carbonyl (C=O) groups is 1. The summed E-state index contributed by atoms with van der Waals surface area (Å²) in [5.74, 6) is -0.154. The van der Waals surface area contributed by atoms with Crippen molar-refractivity contribution in [3.63, 3.8) is 0 Å². The third kappa shape index (κ3) is 7.31. The van der Waals surface area contributed by atoms with Crippen molar-refractivity contribution in [3.8, 4) is 11.9 Å². The molecule has 1 N–H and O–H groups in total. The molecule has 12 nitrogen and oxygen atoms in total. The number of nitrogens with one attached hydrogen (secondary N) is 1. The van der Waals surface area contributed by atoms with E-state index in [2.05, 4.69) is 105 Å². The van der Waals surface area contributed by atoms with Crippen molar-refractivity contribution in [3.05, 3.63) is 67.0 Å². The first kappa shape index (κ1) is 35.6. The van der Waals surface area contributed by atoms with Crippen molar-refractivity contribution in [2.45, 2.75) is 96.0 Å². The van der Waals surface area contributed by atoms with Gasteiger partial charge in [0.05, 0.1) is 37.1 Å². The fraction of sp³-hybridized carbons (Fsp3) is 0.486. The van der Waals surface area contributed by atoms with Crippen LogP contribution in [0.15, 0.2) is 67.0 Å². The first-order chi connectivity index (χ1) is 24.8. The molecule has 3 fully saturated rings. The fourth-order valence-electron chi connectivity index (χ4n) is 7.45. The number of fused-ring (bicyclic) bond motifs is 2. The summed E-state index contributed by atoms with van der Waals surface area (Å²) in [6, 6.07) is 25.3. The smallest absolute Gasteiger partial charge is 0.259 e. The third-order valence-corrected chi connectivity index (χ3v) is 16.5. The van der Waals surface area contributed by atoms with Gasteiger partial charge in [0.25, 0.3) is 8.53 Å². The minimum absolute atomic E-state index is 0.0853. The molecule has 0 spiro atoms. The quantitative estimate of drug-likeness (QED) is 0.103. The molecule has 1 amide bonds. The molecule has 4 aromatic rings. The van der Waals surface area contributed by atoms with Gasteiger partial charge >= 0.3 is 0 Å². The summed E-state index contributed by atoms with van der Waals surface area (Å²) in [5.41, 5.74) is 0.914. The molecular weight excluding hydrogens is 682 g/mol. The highest BCUT2D eigenvalue weighted by molar-refractivity contribution is 7.45. The van der Waals surface area contributed by atoms with Gasteiger partial charge in [0.2, 0.25) is 17.7 Å². The van der Waals surface area contributed by atoms with Crippen LogP contribution in [0, 0.1) is 17.2 Å². The maximum absolute atomic E-state index is 12.6. The van der Waals surface area contributed by atoms with Crippen LogP contribution >= 0.6 is 8.53 Å². The second-order valence-corrected chi connectivity index (χ2v) is 19.7. The first-order valence-electron chi connectivity index (χ1n) is 18.0. The molecule has 3 saturated heterocycles. The maximum atomic E-state index is 12.6. The van der Waals surface area contributed by atoms with E-state index in [1.807, 2.05) is 4.57 Å². The van der Waals surface area contributed by atoms with E-state index in [9.17, 15) is 4.79 Å². The van der Waals surface area contributed by atoms with Gasteiger partial charge in [-0.2, -0.15) is 15.2 Å². The SMILES string of the molecule is CC[C@H]1O[C@@H](n2cnc3c(OCCC#N)nc(NC(=O)C(C)C)nc32)CC1O[P@]1O[C@@H](C[Si](C)(c2ccccc2)c2ccccc2)[C@H]2CCCN21. The number of aromatic nitrogens is 4. The Labute approximate surface area is 301 Å². The summed E-state index contributed by atoms with van der Waals surface area (Å²) in [4.78, 5) is 26.2. The van der Waals surface area contributed by atoms with Crippen molar-refractivity contribution in [2.75, 3.05) is 18.5 Å². The van der Waals surface area contributed by atoms with Crippen molar-refractivity contribution < 1.29 is 23.3 Å². The Morgan fingerprint density at radius 2 is 1.84 bits per heavy atom. The summed E-state index contributed by atoms with van der Waals surface area (Å²) in [5, 5.41) is 14.7. The molecule has 0 radical (unpaired) electrons. The standard InChI is InChI=1S/C37H46N7O5PSi/c1-5-29-30(22-32(47-29)43-24-39-33-34(43)40-37(41-35(45)25(2)3)42-36(33)46-21-13-19-38)48-50-44-20-12-18-28(44)31(49-50)23-51(4,26-14-8-6-9-15-26)27-16-10-7-11-17-27/h6-11,14-17,24-25,28-32H,5,12-13,18,20-23H2,1-4H3,(H,40,41,42,45)/t28-,29-,30?,31+,32-,50-/m1/s1. The summed E-state index contributed by atoms with van der Waals surface area (Å²) in [6.45, 7) is 9.30. The summed E-state index contributed by atoms with van der Waals surface area (Å²) >= 11 is 0. The molecule has 2 aromatic carbocycles. The summed E-state index contributed by atoms with van der Waals surface area (Å²) in [7, 11) is -3.40. The molecule has 268 valence electrons. The predicted molar refractivity (Wildman–Crippen MR) is 198 cm³/mol. The Kier molecular flexibility index (Phi) is 10.8. The van der Waals surface area contributed by atoms with Gasteiger partial charge in [0, 0.05) is 24.9 Å². The average Bonchev–Trinajstić information content (AvgIpc) is 3.94. The molecule has 3 aliphatic heterocycles. The number of amides is 1. The van der Waals surface area contributed by atoms with Gasteiger partial charge in [0.1, 0.15) is 20.9 Å². The number of imidazole rings is 1. The molecule has 0 saturated carbocycles. The topological polar surface area (TPSA) is 137 Å². The van der Waals surface area contributed by atoms with Crippen molar-refractivity contribution in [2.24, 2.45) is 5.92 Å². The molecule has 51 heavy (non-hydrogen) atoms. The second kappa shape index (κ2) is 15.5. The van der Waals surface area contributed by atoms with Gasteiger partial charge in [-0.3, -0.25) is 14.7 Å². The van der Waals surface area contributed by atoms with E-state index < -0.39 is 22.8 Å². The van der Waals surface area contributed by atoms with Gasteiger partial charge in [-0.1, -0.05) is 98.4 Å². The number of nitriles is 1. The molecule has 1 unspecified atom stereocenters. The lowest BCUT2D eigenvalue weighted by molar-refractivity contribution is -0.118. The Bertz CT molecular complexity index is 1820. The van der Waals surface area contributed by atoms with Crippen LogP contribution in [0.2, 0.25) is 12.6 Å². The zero-order valence-corrected chi connectivity index (χ0v) is 31.5. The number of hydrogen-bond acceptors (Lipinski definition) is 10. The molecular formula is C37H46N7O5PSi. The van der Waals surface area contributed by atoms with Crippen LogP contribution in [0.3, 0.4) is 0 Å². The van der Waals surface area contributed by atoms with Crippen molar-refractivity contribution in [1.82, 2.24) is 24.2 Å². The largest absolute Gasteiger partial charge is 0.475 e. The van der Waals surface area contributed by atoms with E-state index in [1.54, 1.807) is 20.2 Å². The van der Waals surface area contributed by atoms with Crippen LogP contribution in [-0.2, 0) is 18.6 Å². The van der Waals surface area contributed by atoms with Crippen molar-refractivity contribution >= 4 is 50.0 Å². The minimum atomic E-state index is -2.13. The van der Waals surface area contributed by atoms with Crippen LogP contribution in [0.1, 0.15) is 59.1 Å². The van der Waals surface area contributed by atoms with E-state index in [1.165, 1.54) is 10.4 Å². The lowest BCUT2D eigenvalue weighted by atomic mass is 10.1. The Hall–Kier alpha value is -3.76. The molecule has 6 atom stereocenters. The van der Waals surface area contributed by atoms with E-state index in [4.69, 9.17) is 23.8 Å². The van der Waals surface area contributed by atoms with Crippen molar-refractivity contribution in [1.29, 1.82) is 5.26 Å². The van der Waals surface area contributed by atoms with Gasteiger partial charge in [0.15, 0.2) is 11.2 Å². The van der Waals surface area contributed by atoms with Crippen LogP contribution in [0.25, 0.3) is 11.2 Å². The van der Waals surface area contributed by atoms with E-state index in [-0.39, 0.29) is 55.0 Å². The van der Waals surface area contributed by atoms with E-state index in [0.717, 1.165) is 31.9 Å². The number of carbonyl (C=O) groups excluding carboxylic acids is 1. The van der Waals surface area contributed by atoms with Gasteiger partial charge in [-0.05, 0) is 25.3 Å². The van der Waals surface area contributed by atoms with Gasteiger partial charge in [-0.15, -0.1) is 0 Å². The Morgan fingerprint density at radius 1 is 1.12 bits per heavy atom. The maximum Gasteiger partial charge on any atom is 0.259 e. The number of hydrogen-bond donors (Lipinski definition) is 1. The van der Waals surface area contributed by atoms with Crippen LogP contribution < -0.4 is 20.4 Å². The van der Waals surface area contributed by atoms with E-state index >= 15 is 0 Å². The van der Waals surface area contributed by atoms with Gasteiger partial charge < -0.3 is 18.5 Å². The lowest BCUT2D eigenvalue weighted by Crippen LogP contribution is -2.58. The van der Waals surface area contributed by atoms with Crippen LogP contribution in [0.5, 0.6) is 5.88 Å². The normalized spacial score (nSPS) is 24.9. The van der Waals surface area contributed by atoms with E-state index in [0.29, 0.717) is 23.6 Å². The zero-order chi connectivity index (χ0) is 35.5. The van der Waals surface area contributed by atoms with Crippen LogP contribution in [0.4, 0.5) is 5.95 Å². The number of nitrogens with zero attached hydrogens (tertiary/aromatic N) is 6. The number of rotatable bonds is 13. The van der Waals surface area contributed by atoms with Gasteiger partial charge in [-0.25, -0.2) is 9.65 Å². The van der Waals surface area contributed by atoms with Crippen LogP contribution in [-0.4, -0.2) is 75.7 Å². The highest BCUT2D eigenvalue weighted by Gasteiger charge is 2.51.